The Morgan fingerprint density at radius 3 is 2.31 bits per heavy atom. The number of hydrogen-bond acceptors (Lipinski definition) is 4. The van der Waals surface area contributed by atoms with Gasteiger partial charge in [-0.1, -0.05) is 19.9 Å². The molecule has 1 aromatic rings. The first-order chi connectivity index (χ1) is 12.1. The molecule has 0 aliphatic carbocycles. The third-order valence-corrected chi connectivity index (χ3v) is 5.88. The lowest BCUT2D eigenvalue weighted by molar-refractivity contribution is -0.121. The van der Waals surface area contributed by atoms with Crippen LogP contribution in [0.4, 0.5) is 11.4 Å². The van der Waals surface area contributed by atoms with Gasteiger partial charge in [-0.25, -0.2) is 12.7 Å². The summed E-state index contributed by atoms with van der Waals surface area (Å²) in [4.78, 5) is 24.4. The third-order valence-electron chi connectivity index (χ3n) is 4.58. The molecule has 2 N–H and O–H groups in total. The van der Waals surface area contributed by atoms with Crippen LogP contribution in [0.5, 0.6) is 0 Å². The first kappa shape index (κ1) is 20.4. The molecule has 2 amide bonds. The zero-order chi connectivity index (χ0) is 19.5. The highest BCUT2D eigenvalue weighted by Crippen LogP contribution is 2.24. The lowest BCUT2D eigenvalue weighted by Gasteiger charge is -2.29. The fourth-order valence-electron chi connectivity index (χ4n) is 2.81. The van der Waals surface area contributed by atoms with Crippen molar-refractivity contribution in [1.82, 2.24) is 4.31 Å². The number of nitrogens with zero attached hydrogens (tertiary/aromatic N) is 1. The maximum Gasteiger partial charge on any atom is 0.227 e. The second kappa shape index (κ2) is 8.18. The van der Waals surface area contributed by atoms with Crippen molar-refractivity contribution in [1.29, 1.82) is 0 Å². The van der Waals surface area contributed by atoms with Crippen molar-refractivity contribution >= 4 is 33.2 Å². The number of sulfonamides is 1. The summed E-state index contributed by atoms with van der Waals surface area (Å²) >= 11 is 0. The minimum absolute atomic E-state index is 0.0840. The van der Waals surface area contributed by atoms with Crippen LogP contribution in [0.15, 0.2) is 18.2 Å². The average molecular weight is 381 g/mol. The van der Waals surface area contributed by atoms with E-state index in [0.29, 0.717) is 37.3 Å². The maximum absolute atomic E-state index is 12.6. The van der Waals surface area contributed by atoms with E-state index in [0.717, 1.165) is 5.56 Å². The summed E-state index contributed by atoms with van der Waals surface area (Å²) in [5.74, 6) is -0.552. The number of rotatable bonds is 5. The normalized spacial score (nSPS) is 16.5. The highest BCUT2D eigenvalue weighted by atomic mass is 32.2. The van der Waals surface area contributed by atoms with E-state index in [-0.39, 0.29) is 23.7 Å². The van der Waals surface area contributed by atoms with E-state index in [1.54, 1.807) is 12.1 Å². The Morgan fingerprint density at radius 2 is 1.77 bits per heavy atom. The van der Waals surface area contributed by atoms with Crippen LogP contribution in [0.3, 0.4) is 0 Å². The molecule has 8 heteroatoms. The van der Waals surface area contributed by atoms with Gasteiger partial charge in [-0.05, 0) is 37.5 Å². The molecule has 0 saturated carbocycles. The fourth-order valence-corrected chi connectivity index (χ4v) is 3.68. The minimum atomic E-state index is -3.20. The van der Waals surface area contributed by atoms with Gasteiger partial charge in [0, 0.05) is 36.3 Å². The Kier molecular flexibility index (Phi) is 6.41. The van der Waals surface area contributed by atoms with Gasteiger partial charge in [-0.3, -0.25) is 9.59 Å². The molecule has 7 nitrogen and oxygen atoms in total. The zero-order valence-electron chi connectivity index (χ0n) is 15.7. The molecule has 144 valence electrons. The second-order valence-corrected chi connectivity index (χ2v) is 9.08. The summed E-state index contributed by atoms with van der Waals surface area (Å²) in [6.45, 7) is 6.24. The van der Waals surface area contributed by atoms with Crippen LogP contribution < -0.4 is 10.6 Å². The van der Waals surface area contributed by atoms with Gasteiger partial charge in [0.05, 0.1) is 6.26 Å². The zero-order valence-corrected chi connectivity index (χ0v) is 16.5. The van der Waals surface area contributed by atoms with E-state index >= 15 is 0 Å². The SMILES string of the molecule is Cc1ccc(NC(=O)C(C)C)cc1NC(=O)C1CCN(S(C)(=O)=O)CC1. The van der Waals surface area contributed by atoms with E-state index in [1.807, 2.05) is 26.8 Å². The Morgan fingerprint density at radius 1 is 1.15 bits per heavy atom. The van der Waals surface area contributed by atoms with Crippen molar-refractivity contribution in [3.05, 3.63) is 23.8 Å². The molecule has 2 rings (SSSR count). The molecular weight excluding hydrogens is 354 g/mol. The van der Waals surface area contributed by atoms with E-state index in [9.17, 15) is 18.0 Å². The summed E-state index contributed by atoms with van der Waals surface area (Å²) in [7, 11) is -3.20. The molecule has 1 fully saturated rings. The summed E-state index contributed by atoms with van der Waals surface area (Å²) in [5.41, 5.74) is 2.19. The van der Waals surface area contributed by atoms with Gasteiger partial charge in [0.2, 0.25) is 21.8 Å². The van der Waals surface area contributed by atoms with E-state index in [4.69, 9.17) is 0 Å². The summed E-state index contributed by atoms with van der Waals surface area (Å²) in [6, 6.07) is 5.40. The number of aryl methyl sites for hydroxylation is 1. The summed E-state index contributed by atoms with van der Waals surface area (Å²) in [5, 5.41) is 5.74. The Balaban J connectivity index is 2.02. The largest absolute Gasteiger partial charge is 0.326 e. The first-order valence-electron chi connectivity index (χ1n) is 8.75. The lowest BCUT2D eigenvalue weighted by Crippen LogP contribution is -2.40. The molecule has 1 aliphatic rings. The number of amides is 2. The van der Waals surface area contributed by atoms with E-state index in [1.165, 1.54) is 10.6 Å². The third kappa shape index (κ3) is 5.28. The lowest BCUT2D eigenvalue weighted by atomic mass is 9.97. The van der Waals surface area contributed by atoms with Crippen molar-refractivity contribution < 1.29 is 18.0 Å². The predicted molar refractivity (Wildman–Crippen MR) is 102 cm³/mol. The standard InChI is InChI=1S/C18H27N3O4S/c1-12(2)17(22)19-15-6-5-13(3)16(11-15)20-18(23)14-7-9-21(10-8-14)26(4,24)25/h5-6,11-12,14H,7-10H2,1-4H3,(H,19,22)(H,20,23). The molecular formula is C18H27N3O4S. The average Bonchev–Trinajstić information content (AvgIpc) is 2.57. The molecule has 1 heterocycles. The number of carbonyl (C=O) groups excluding carboxylic acids is 2. The fraction of sp³-hybridized carbons (Fsp3) is 0.556. The van der Waals surface area contributed by atoms with Gasteiger partial charge in [0.25, 0.3) is 0 Å². The van der Waals surface area contributed by atoms with Gasteiger partial charge in [-0.15, -0.1) is 0 Å². The Bertz CT molecular complexity index is 782. The van der Waals surface area contributed by atoms with Crippen LogP contribution in [0.1, 0.15) is 32.3 Å². The van der Waals surface area contributed by atoms with Crippen molar-refractivity contribution in [3.8, 4) is 0 Å². The Labute approximate surface area is 155 Å². The minimum Gasteiger partial charge on any atom is -0.326 e. The molecule has 26 heavy (non-hydrogen) atoms. The smallest absolute Gasteiger partial charge is 0.227 e. The van der Waals surface area contributed by atoms with Gasteiger partial charge in [0.15, 0.2) is 0 Å². The molecule has 1 aliphatic heterocycles. The molecule has 1 saturated heterocycles. The molecule has 0 aromatic heterocycles. The predicted octanol–water partition coefficient (Wildman–Crippen LogP) is 2.20. The van der Waals surface area contributed by atoms with E-state index in [2.05, 4.69) is 10.6 Å². The van der Waals surface area contributed by atoms with Gasteiger partial charge >= 0.3 is 0 Å². The molecule has 0 bridgehead atoms. The molecule has 0 radical (unpaired) electrons. The molecule has 0 atom stereocenters. The summed E-state index contributed by atoms with van der Waals surface area (Å²) < 4.78 is 24.5. The summed E-state index contributed by atoms with van der Waals surface area (Å²) in [6.07, 6.45) is 2.19. The van der Waals surface area contributed by atoms with Gasteiger partial charge in [0.1, 0.15) is 0 Å². The molecule has 0 unspecified atom stereocenters. The van der Waals surface area contributed by atoms with Crippen LogP contribution in [0, 0.1) is 18.8 Å². The van der Waals surface area contributed by atoms with E-state index < -0.39 is 10.0 Å². The Hall–Kier alpha value is -1.93. The molecule has 1 aromatic carbocycles. The molecule has 0 spiro atoms. The van der Waals surface area contributed by atoms with Crippen molar-refractivity contribution in [2.45, 2.75) is 33.6 Å². The highest BCUT2D eigenvalue weighted by Gasteiger charge is 2.29. The number of carbonyl (C=O) groups is 2. The topological polar surface area (TPSA) is 95.6 Å². The van der Waals surface area contributed by atoms with Crippen molar-refractivity contribution in [3.63, 3.8) is 0 Å². The van der Waals surface area contributed by atoms with Crippen LogP contribution in [-0.4, -0.2) is 43.9 Å². The van der Waals surface area contributed by atoms with Crippen LogP contribution in [0.25, 0.3) is 0 Å². The first-order valence-corrected chi connectivity index (χ1v) is 10.6. The van der Waals surface area contributed by atoms with Crippen LogP contribution in [-0.2, 0) is 19.6 Å². The van der Waals surface area contributed by atoms with Crippen molar-refractivity contribution in [2.75, 3.05) is 30.0 Å². The second-order valence-electron chi connectivity index (χ2n) is 7.10. The monoisotopic (exact) mass is 381 g/mol. The number of hydrogen-bond donors (Lipinski definition) is 2. The number of piperidine rings is 1. The van der Waals surface area contributed by atoms with Crippen LogP contribution in [0.2, 0.25) is 0 Å². The van der Waals surface area contributed by atoms with Crippen molar-refractivity contribution in [2.24, 2.45) is 11.8 Å². The van der Waals surface area contributed by atoms with Gasteiger partial charge < -0.3 is 10.6 Å². The number of anilines is 2. The maximum atomic E-state index is 12.6. The number of nitrogens with one attached hydrogen (secondary N) is 2. The van der Waals surface area contributed by atoms with Crippen LogP contribution >= 0.6 is 0 Å². The quantitative estimate of drug-likeness (QED) is 0.817. The van der Waals surface area contributed by atoms with Gasteiger partial charge in [-0.2, -0.15) is 0 Å². The number of benzene rings is 1. The highest BCUT2D eigenvalue weighted by molar-refractivity contribution is 7.88.